The molecule has 5 nitrogen and oxygen atoms in total. The molecule has 19 heavy (non-hydrogen) atoms. The summed E-state index contributed by atoms with van der Waals surface area (Å²) in [5, 5.41) is 0. The fourth-order valence-electron chi connectivity index (χ4n) is 1.99. The van der Waals surface area contributed by atoms with E-state index in [0.717, 1.165) is 19.3 Å². The number of sulfonamides is 1. The molecule has 7 heteroatoms. The van der Waals surface area contributed by atoms with Gasteiger partial charge in [-0.25, -0.2) is 13.1 Å². The van der Waals surface area contributed by atoms with Crippen LogP contribution in [-0.2, 0) is 16.6 Å². The summed E-state index contributed by atoms with van der Waals surface area (Å²) in [5.41, 5.74) is 5.03. The van der Waals surface area contributed by atoms with Gasteiger partial charge in [0.1, 0.15) is 10.7 Å². The van der Waals surface area contributed by atoms with Crippen LogP contribution in [0.25, 0.3) is 0 Å². The van der Waals surface area contributed by atoms with E-state index in [1.54, 1.807) is 0 Å². The number of nitrogens with one attached hydrogen (secondary N) is 1. The van der Waals surface area contributed by atoms with Gasteiger partial charge in [0, 0.05) is 11.6 Å². The monoisotopic (exact) mass is 352 g/mol. The first-order chi connectivity index (χ1) is 8.84. The second kappa shape index (κ2) is 6.39. The van der Waals surface area contributed by atoms with Gasteiger partial charge in [-0.2, -0.15) is 0 Å². The Morgan fingerprint density at radius 2 is 1.84 bits per heavy atom. The summed E-state index contributed by atoms with van der Waals surface area (Å²) in [6.07, 6.45) is 2.20. The highest BCUT2D eigenvalue weighted by Crippen LogP contribution is 2.29. The molecule has 0 atom stereocenters. The van der Waals surface area contributed by atoms with Crippen molar-refractivity contribution in [2.45, 2.75) is 57.0 Å². The van der Waals surface area contributed by atoms with Crippen LogP contribution in [0.4, 0.5) is 0 Å². The highest BCUT2D eigenvalue weighted by Gasteiger charge is 2.32. The van der Waals surface area contributed by atoms with Crippen molar-refractivity contribution in [2.75, 3.05) is 0 Å². The number of rotatable bonds is 7. The van der Waals surface area contributed by atoms with Crippen LogP contribution in [0.1, 0.15) is 45.8 Å². The van der Waals surface area contributed by atoms with Crippen LogP contribution in [0.15, 0.2) is 20.0 Å². The molecule has 1 aromatic rings. The molecular weight excluding hydrogens is 332 g/mol. The molecular formula is C12H21BrN2O3S. The van der Waals surface area contributed by atoms with E-state index in [1.807, 2.05) is 20.8 Å². The van der Waals surface area contributed by atoms with Gasteiger partial charge in [0.25, 0.3) is 0 Å². The van der Waals surface area contributed by atoms with Crippen LogP contribution in [0, 0.1) is 0 Å². The molecule has 0 bridgehead atoms. The van der Waals surface area contributed by atoms with Crippen molar-refractivity contribution in [1.29, 1.82) is 0 Å². The summed E-state index contributed by atoms with van der Waals surface area (Å²) in [7, 11) is -3.62. The molecule has 0 aliphatic carbocycles. The third-order valence-corrected chi connectivity index (χ3v) is 6.01. The zero-order valence-electron chi connectivity index (χ0n) is 11.5. The molecule has 0 unspecified atom stereocenters. The van der Waals surface area contributed by atoms with E-state index in [9.17, 15) is 8.42 Å². The molecule has 0 aromatic carbocycles. The molecule has 0 fully saturated rings. The average molecular weight is 353 g/mol. The van der Waals surface area contributed by atoms with Crippen molar-refractivity contribution < 1.29 is 12.8 Å². The summed E-state index contributed by atoms with van der Waals surface area (Å²) >= 11 is 3.13. The number of hydrogen-bond donors (Lipinski definition) is 2. The van der Waals surface area contributed by atoms with Crippen LogP contribution in [0.2, 0.25) is 0 Å². The van der Waals surface area contributed by atoms with Gasteiger partial charge in [0.15, 0.2) is 4.67 Å². The zero-order chi connectivity index (χ0) is 14.7. The minimum atomic E-state index is -3.62. The second-order valence-corrected chi connectivity index (χ2v) is 6.87. The average Bonchev–Trinajstić information content (AvgIpc) is 2.78. The third kappa shape index (κ3) is 3.59. The van der Waals surface area contributed by atoms with Crippen molar-refractivity contribution in [2.24, 2.45) is 5.73 Å². The van der Waals surface area contributed by atoms with Gasteiger partial charge in [-0.05, 0) is 35.2 Å². The largest absolute Gasteiger partial charge is 0.452 e. The Morgan fingerprint density at radius 1 is 1.32 bits per heavy atom. The normalized spacial score (nSPS) is 12.9. The maximum absolute atomic E-state index is 12.4. The van der Waals surface area contributed by atoms with Gasteiger partial charge >= 0.3 is 0 Å². The van der Waals surface area contributed by atoms with E-state index in [-0.39, 0.29) is 16.1 Å². The number of nitrogens with two attached hydrogens (primary N) is 1. The van der Waals surface area contributed by atoms with Gasteiger partial charge in [0.05, 0.1) is 6.54 Å². The Hall–Kier alpha value is -0.370. The van der Waals surface area contributed by atoms with Gasteiger partial charge in [-0.3, -0.25) is 0 Å². The van der Waals surface area contributed by atoms with Gasteiger partial charge < -0.3 is 10.2 Å². The first-order valence-corrected chi connectivity index (χ1v) is 8.64. The topological polar surface area (TPSA) is 85.3 Å². The van der Waals surface area contributed by atoms with E-state index < -0.39 is 15.6 Å². The lowest BCUT2D eigenvalue weighted by Gasteiger charge is -2.31. The van der Waals surface area contributed by atoms with E-state index in [1.165, 1.54) is 6.07 Å². The van der Waals surface area contributed by atoms with Crippen LogP contribution in [-0.4, -0.2) is 14.0 Å². The molecule has 110 valence electrons. The molecule has 0 saturated carbocycles. The maximum Gasteiger partial charge on any atom is 0.245 e. The number of furan rings is 1. The zero-order valence-corrected chi connectivity index (χ0v) is 13.9. The summed E-state index contributed by atoms with van der Waals surface area (Å²) in [6.45, 7) is 6.09. The predicted molar refractivity (Wildman–Crippen MR) is 78.2 cm³/mol. The lowest BCUT2D eigenvalue weighted by Crippen LogP contribution is -2.46. The van der Waals surface area contributed by atoms with E-state index >= 15 is 0 Å². The molecule has 0 aliphatic heterocycles. The van der Waals surface area contributed by atoms with Crippen molar-refractivity contribution in [3.63, 3.8) is 0 Å². The molecule has 0 spiro atoms. The summed E-state index contributed by atoms with van der Waals surface area (Å²) in [6, 6.07) is 1.46. The highest BCUT2D eigenvalue weighted by molar-refractivity contribution is 9.10. The summed E-state index contributed by atoms with van der Waals surface area (Å²) in [5.74, 6) is 0.433. The first-order valence-electron chi connectivity index (χ1n) is 6.36. The summed E-state index contributed by atoms with van der Waals surface area (Å²) < 4.78 is 33.1. The van der Waals surface area contributed by atoms with E-state index in [2.05, 4.69) is 20.7 Å². The SMILES string of the molecule is CCC(CC)(CC)NS(=O)(=O)c1cc(CN)oc1Br. The van der Waals surface area contributed by atoms with Crippen LogP contribution in [0.5, 0.6) is 0 Å². The maximum atomic E-state index is 12.4. The molecule has 1 rings (SSSR count). The minimum Gasteiger partial charge on any atom is -0.452 e. The molecule has 0 amide bonds. The van der Waals surface area contributed by atoms with E-state index in [0.29, 0.717) is 5.76 Å². The molecule has 0 aliphatic rings. The predicted octanol–water partition coefficient (Wildman–Crippen LogP) is 2.75. The summed E-state index contributed by atoms with van der Waals surface area (Å²) in [4.78, 5) is 0.104. The van der Waals surface area contributed by atoms with Crippen molar-refractivity contribution >= 4 is 26.0 Å². The quantitative estimate of drug-likeness (QED) is 0.789. The molecule has 0 radical (unpaired) electrons. The molecule has 3 N–H and O–H groups in total. The minimum absolute atomic E-state index is 0.104. The Morgan fingerprint density at radius 3 is 2.21 bits per heavy atom. The lowest BCUT2D eigenvalue weighted by atomic mass is 9.91. The van der Waals surface area contributed by atoms with Gasteiger partial charge in [-0.15, -0.1) is 0 Å². The Bertz CT molecular complexity index is 513. The standard InChI is InChI=1S/C12H21BrN2O3S/c1-4-12(5-2,6-3)15-19(16,17)10-7-9(8-14)18-11(10)13/h7,15H,4-6,8,14H2,1-3H3. The third-order valence-electron chi connectivity index (χ3n) is 3.58. The van der Waals surface area contributed by atoms with Crippen molar-refractivity contribution in [3.05, 3.63) is 16.5 Å². The van der Waals surface area contributed by atoms with E-state index in [4.69, 9.17) is 10.2 Å². The van der Waals surface area contributed by atoms with Crippen LogP contribution in [0.3, 0.4) is 0 Å². The van der Waals surface area contributed by atoms with Crippen molar-refractivity contribution in [1.82, 2.24) is 4.72 Å². The lowest BCUT2D eigenvalue weighted by molar-refractivity contribution is 0.341. The molecule has 1 aromatic heterocycles. The second-order valence-electron chi connectivity index (χ2n) is 4.50. The van der Waals surface area contributed by atoms with Crippen LogP contribution < -0.4 is 10.5 Å². The van der Waals surface area contributed by atoms with Gasteiger partial charge in [0.2, 0.25) is 10.0 Å². The van der Waals surface area contributed by atoms with Crippen molar-refractivity contribution in [3.8, 4) is 0 Å². The van der Waals surface area contributed by atoms with Gasteiger partial charge in [-0.1, -0.05) is 20.8 Å². The molecule has 1 heterocycles. The number of halogens is 1. The first kappa shape index (κ1) is 16.7. The number of hydrogen-bond acceptors (Lipinski definition) is 4. The smallest absolute Gasteiger partial charge is 0.245 e. The Kier molecular flexibility index (Phi) is 5.61. The highest BCUT2D eigenvalue weighted by atomic mass is 79.9. The fourth-order valence-corrected chi connectivity index (χ4v) is 4.60. The van der Waals surface area contributed by atoms with Crippen LogP contribution >= 0.6 is 15.9 Å². The molecule has 0 saturated heterocycles. The Labute approximate surface area is 123 Å². The fraction of sp³-hybridized carbons (Fsp3) is 0.667. The Balaban J connectivity index is 3.13.